The zero-order chi connectivity index (χ0) is 51.8. The maximum Gasteiger partial charge on any atom is 0.437 e. The quantitative estimate of drug-likeness (QED) is 0.0400. The summed E-state index contributed by atoms with van der Waals surface area (Å²) in [6, 6.07) is 6.82. The van der Waals surface area contributed by atoms with Crippen LogP contribution in [0.25, 0.3) is 11.3 Å². The van der Waals surface area contributed by atoms with Crippen molar-refractivity contribution in [2.24, 2.45) is 17.2 Å². The summed E-state index contributed by atoms with van der Waals surface area (Å²) >= 11 is 0.931. The van der Waals surface area contributed by atoms with E-state index in [2.05, 4.69) is 59.6 Å². The number of imidazole rings is 1. The molecule has 0 fully saturated rings. The number of hydrogen-bond acceptors (Lipinski definition) is 15. The van der Waals surface area contributed by atoms with Crippen LogP contribution in [0.15, 0.2) is 46.0 Å². The molecule has 0 aliphatic carbocycles. The number of carbonyl (C=O) groups excluding carboxylic acids is 4. The van der Waals surface area contributed by atoms with Crippen molar-refractivity contribution in [1.82, 2.24) is 19.4 Å². The first-order valence-electron chi connectivity index (χ1n) is 22.0. The SMILES string of the molecule is Cn1c(-c2ccc(OCC(O/N=C(\C(=O)O)c3csc(NC(=O)OC(C)(C)C)n3)C(=O)OC(C)(C)C)cc2)cn(CC(CNC(=O)OC(C)(C)C)O[Si](C)(C)C(C)(C)C)c1=NC(=O)OC(C)(C)C. The maximum absolute atomic E-state index is 13.3. The number of nitrogens with one attached hydrogen (secondary N) is 2. The number of rotatable bonds is 16. The molecule has 2 heterocycles. The highest BCUT2D eigenvalue weighted by molar-refractivity contribution is 7.14. The Bertz CT molecular complexity index is 2350. The van der Waals surface area contributed by atoms with E-state index < -0.39 is 85.5 Å². The van der Waals surface area contributed by atoms with Crippen LogP contribution in [0.3, 0.4) is 0 Å². The van der Waals surface area contributed by atoms with Crippen molar-refractivity contribution in [2.75, 3.05) is 18.5 Å². The fourth-order valence-electron chi connectivity index (χ4n) is 5.51. The van der Waals surface area contributed by atoms with Crippen molar-refractivity contribution in [3.63, 3.8) is 0 Å². The number of esters is 1. The van der Waals surface area contributed by atoms with Crippen LogP contribution in [0, 0.1) is 0 Å². The highest BCUT2D eigenvalue weighted by atomic mass is 32.1. The molecule has 3 rings (SSSR count). The van der Waals surface area contributed by atoms with E-state index in [4.69, 9.17) is 32.9 Å². The topological polar surface area (TPSA) is 242 Å². The molecule has 2 atom stereocenters. The summed E-state index contributed by atoms with van der Waals surface area (Å²) in [6.45, 7) is 31.0. The zero-order valence-corrected chi connectivity index (χ0v) is 44.5. The lowest BCUT2D eigenvalue weighted by Crippen LogP contribution is -2.49. The maximum atomic E-state index is 13.3. The number of nitrogens with zero attached hydrogens (tertiary/aromatic N) is 5. The average molecular weight is 990 g/mol. The summed E-state index contributed by atoms with van der Waals surface area (Å²) in [4.78, 5) is 77.9. The van der Waals surface area contributed by atoms with Gasteiger partial charge in [-0.25, -0.2) is 29.0 Å². The Morgan fingerprint density at radius 3 is 1.90 bits per heavy atom. The van der Waals surface area contributed by atoms with E-state index in [-0.39, 0.29) is 34.6 Å². The average Bonchev–Trinajstić information content (AvgIpc) is 3.71. The fourth-order valence-corrected chi connectivity index (χ4v) is 7.54. The van der Waals surface area contributed by atoms with Crippen LogP contribution in [0.2, 0.25) is 18.1 Å². The number of aromatic nitrogens is 3. The molecule has 20 nitrogen and oxygen atoms in total. The Hall–Kier alpha value is -5.74. The number of ether oxygens (including phenoxy) is 5. The lowest BCUT2D eigenvalue weighted by molar-refractivity contribution is -0.170. The van der Waals surface area contributed by atoms with Gasteiger partial charge in [0.05, 0.1) is 18.3 Å². The molecule has 2 unspecified atom stereocenters. The van der Waals surface area contributed by atoms with Gasteiger partial charge in [-0.1, -0.05) is 25.9 Å². The van der Waals surface area contributed by atoms with Crippen LogP contribution >= 0.6 is 11.3 Å². The molecule has 0 aliphatic rings. The monoisotopic (exact) mass is 989 g/mol. The number of thiazole rings is 1. The number of hydrogen-bond donors (Lipinski definition) is 3. The molecule has 0 radical (unpaired) electrons. The lowest BCUT2D eigenvalue weighted by Gasteiger charge is -2.39. The number of alkyl carbamates (subject to hydrolysis) is 1. The Labute approximate surface area is 403 Å². The molecule has 68 heavy (non-hydrogen) atoms. The van der Waals surface area contributed by atoms with Crippen LogP contribution in [-0.2, 0) is 51.4 Å². The van der Waals surface area contributed by atoms with Crippen LogP contribution in [-0.4, -0.2) is 111 Å². The summed E-state index contributed by atoms with van der Waals surface area (Å²) in [5.41, 5.74) is -2.46. The summed E-state index contributed by atoms with van der Waals surface area (Å²) in [7, 11) is -0.664. The van der Waals surface area contributed by atoms with Gasteiger partial charge in [-0.05, 0) is 131 Å². The smallest absolute Gasteiger partial charge is 0.437 e. The highest BCUT2D eigenvalue weighted by Crippen LogP contribution is 2.37. The minimum atomic E-state index is -2.41. The van der Waals surface area contributed by atoms with Gasteiger partial charge in [0.2, 0.25) is 11.3 Å². The number of carboxylic acids is 1. The molecule has 0 saturated heterocycles. The summed E-state index contributed by atoms with van der Waals surface area (Å²) < 4.78 is 38.2. The van der Waals surface area contributed by atoms with Gasteiger partial charge in [-0.2, -0.15) is 0 Å². The molecule has 378 valence electrons. The third kappa shape index (κ3) is 18.7. The minimum absolute atomic E-state index is 0.0462. The summed E-state index contributed by atoms with van der Waals surface area (Å²) in [6.07, 6.45) is -2.46. The second-order valence-electron chi connectivity index (χ2n) is 21.4. The summed E-state index contributed by atoms with van der Waals surface area (Å²) in [5.74, 6) is -2.08. The van der Waals surface area contributed by atoms with Gasteiger partial charge in [0.25, 0.3) is 6.10 Å². The molecule has 0 bridgehead atoms. The van der Waals surface area contributed by atoms with Crippen LogP contribution < -0.4 is 21.0 Å². The minimum Gasteiger partial charge on any atom is -0.489 e. The van der Waals surface area contributed by atoms with Gasteiger partial charge in [-0.3, -0.25) is 5.32 Å². The van der Waals surface area contributed by atoms with E-state index in [0.717, 1.165) is 11.3 Å². The van der Waals surface area contributed by atoms with Crippen LogP contribution in [0.5, 0.6) is 5.75 Å². The molecular formula is C46H71N7O13SSi. The lowest BCUT2D eigenvalue weighted by atomic mass is 10.1. The van der Waals surface area contributed by atoms with Gasteiger partial charge < -0.3 is 52.5 Å². The molecule has 3 N–H and O–H groups in total. The second-order valence-corrected chi connectivity index (χ2v) is 27.0. The van der Waals surface area contributed by atoms with Crippen molar-refractivity contribution in [3.8, 4) is 17.0 Å². The molecule has 2 aromatic heterocycles. The zero-order valence-electron chi connectivity index (χ0n) is 42.7. The second kappa shape index (κ2) is 22.1. The number of aliphatic carboxylic acids is 1. The number of amides is 3. The highest BCUT2D eigenvalue weighted by Gasteiger charge is 2.40. The van der Waals surface area contributed by atoms with Crippen molar-refractivity contribution >= 4 is 60.7 Å². The Kier molecular flexibility index (Phi) is 18.4. The molecule has 0 aliphatic heterocycles. The normalized spacial score (nSPS) is 14.1. The van der Waals surface area contributed by atoms with Crippen molar-refractivity contribution in [2.45, 2.75) is 163 Å². The van der Waals surface area contributed by atoms with Crippen LogP contribution in [0.4, 0.5) is 19.5 Å². The Balaban J connectivity index is 1.98. The summed E-state index contributed by atoms with van der Waals surface area (Å²) in [5, 5.41) is 20.3. The first-order chi connectivity index (χ1) is 30.9. The standard InChI is InChI=1S/C46H71N7O13SSi/c1-42(2,3)61-36(56)33(65-51-34(35(54)55)31-27-67-37(48-31)49-40(58)63-44(7,8)9)26-60-29-21-19-28(20-22-29)32-25-53(38(52(32)16)50-41(59)64-45(10,11)12)24-30(66-68(17,18)46(13,14)15)23-47-39(57)62-43(4,5)6/h19-22,25,27,30,33H,23-24,26H2,1-18H3,(H,47,57)(H,54,55)(H,48,49,58)/b50-38?,51-34-. The first kappa shape index (κ1) is 56.6. The Morgan fingerprint density at radius 1 is 0.809 bits per heavy atom. The van der Waals surface area contributed by atoms with E-state index in [9.17, 15) is 29.1 Å². The number of benzene rings is 1. The predicted octanol–water partition coefficient (Wildman–Crippen LogP) is 8.64. The molecule has 0 spiro atoms. The number of carboxylic acid groups (broad SMARTS) is 1. The predicted molar refractivity (Wildman–Crippen MR) is 259 cm³/mol. The van der Waals surface area contributed by atoms with Gasteiger partial charge in [0.15, 0.2) is 13.4 Å². The van der Waals surface area contributed by atoms with E-state index in [1.165, 1.54) is 5.38 Å². The van der Waals surface area contributed by atoms with Gasteiger partial charge >= 0.3 is 30.2 Å². The van der Waals surface area contributed by atoms with Gasteiger partial charge in [0, 0.05) is 25.2 Å². The van der Waals surface area contributed by atoms with Crippen molar-refractivity contribution in [3.05, 3.63) is 47.2 Å². The third-order valence-corrected chi connectivity index (χ3v) is 14.7. The van der Waals surface area contributed by atoms with Gasteiger partial charge in [-0.15, -0.1) is 16.3 Å². The van der Waals surface area contributed by atoms with E-state index >= 15 is 0 Å². The molecule has 3 aromatic rings. The largest absolute Gasteiger partial charge is 0.489 e. The van der Waals surface area contributed by atoms with E-state index in [1.807, 2.05) is 6.20 Å². The van der Waals surface area contributed by atoms with E-state index in [1.54, 1.807) is 124 Å². The molecule has 22 heteroatoms. The first-order valence-corrected chi connectivity index (χ1v) is 25.8. The van der Waals surface area contributed by atoms with Gasteiger partial charge in [0.1, 0.15) is 40.5 Å². The molecule has 3 amide bonds. The van der Waals surface area contributed by atoms with E-state index in [0.29, 0.717) is 17.0 Å². The fraction of sp³-hybridized carbons (Fsp3) is 0.609. The third-order valence-electron chi connectivity index (χ3n) is 9.37. The Morgan fingerprint density at radius 2 is 1.37 bits per heavy atom. The number of oxime groups is 1. The van der Waals surface area contributed by atoms with Crippen molar-refractivity contribution in [1.29, 1.82) is 0 Å². The van der Waals surface area contributed by atoms with Crippen LogP contribution in [0.1, 0.15) is 110 Å². The number of carbonyl (C=O) groups is 5. The number of anilines is 1. The molecule has 1 aromatic carbocycles. The molecule has 0 saturated carbocycles. The molecular weight excluding hydrogens is 919 g/mol. The van der Waals surface area contributed by atoms with Crippen molar-refractivity contribution < 1.29 is 62.0 Å².